The van der Waals surface area contributed by atoms with E-state index in [1.54, 1.807) is 0 Å². The zero-order valence-corrected chi connectivity index (χ0v) is 10.6. The molecule has 4 heteroatoms. The predicted octanol–water partition coefficient (Wildman–Crippen LogP) is 1.63. The highest BCUT2D eigenvalue weighted by Gasteiger charge is 2.22. The standard InChI is InChI=1S/C14H18N4/c1-18-10-7-12(17-18)6-9-15-13-5-4-11-3-2-8-16-14(11)13/h2-3,7-8,10,13,15H,4-6,9H2,1H3. The van der Waals surface area contributed by atoms with Gasteiger partial charge in [-0.3, -0.25) is 9.67 Å². The van der Waals surface area contributed by atoms with Gasteiger partial charge in [-0.05, 0) is 30.5 Å². The number of nitrogens with zero attached hydrogens (tertiary/aromatic N) is 3. The summed E-state index contributed by atoms with van der Waals surface area (Å²) in [6, 6.07) is 6.70. The van der Waals surface area contributed by atoms with Gasteiger partial charge in [0.1, 0.15) is 0 Å². The highest BCUT2D eigenvalue weighted by atomic mass is 15.2. The van der Waals surface area contributed by atoms with Crippen molar-refractivity contribution in [2.45, 2.75) is 25.3 Å². The molecular formula is C14H18N4. The second-order valence-electron chi connectivity index (χ2n) is 4.82. The molecule has 1 N–H and O–H groups in total. The lowest BCUT2D eigenvalue weighted by Gasteiger charge is -2.12. The van der Waals surface area contributed by atoms with Crippen LogP contribution in [-0.2, 0) is 19.9 Å². The first-order valence-electron chi connectivity index (χ1n) is 6.48. The Kier molecular flexibility index (Phi) is 3.11. The fraction of sp³-hybridized carbons (Fsp3) is 0.429. The maximum absolute atomic E-state index is 4.49. The molecule has 0 saturated carbocycles. The van der Waals surface area contributed by atoms with Gasteiger partial charge in [0.25, 0.3) is 0 Å². The first-order valence-corrected chi connectivity index (χ1v) is 6.48. The third-order valence-electron chi connectivity index (χ3n) is 3.50. The molecule has 94 valence electrons. The average molecular weight is 242 g/mol. The smallest absolute Gasteiger partial charge is 0.0637 e. The van der Waals surface area contributed by atoms with Crippen molar-refractivity contribution < 1.29 is 0 Å². The minimum atomic E-state index is 0.421. The fourth-order valence-electron chi connectivity index (χ4n) is 2.58. The van der Waals surface area contributed by atoms with Crippen LogP contribution in [0.5, 0.6) is 0 Å². The molecule has 3 rings (SSSR count). The fourth-order valence-corrected chi connectivity index (χ4v) is 2.58. The Balaban J connectivity index is 1.56. The lowest BCUT2D eigenvalue weighted by molar-refractivity contribution is 0.521. The van der Waals surface area contributed by atoms with Gasteiger partial charge in [-0.25, -0.2) is 0 Å². The summed E-state index contributed by atoms with van der Waals surface area (Å²) in [6.07, 6.45) is 7.15. The molecule has 0 aromatic carbocycles. The first kappa shape index (κ1) is 11.4. The quantitative estimate of drug-likeness (QED) is 0.886. The molecule has 2 heterocycles. The summed E-state index contributed by atoms with van der Waals surface area (Å²) in [5.41, 5.74) is 3.77. The minimum absolute atomic E-state index is 0.421. The van der Waals surface area contributed by atoms with Crippen LogP contribution in [0.2, 0.25) is 0 Å². The molecule has 0 bridgehead atoms. The van der Waals surface area contributed by atoms with Gasteiger partial charge in [0.15, 0.2) is 0 Å². The van der Waals surface area contributed by atoms with Gasteiger partial charge in [-0.2, -0.15) is 5.10 Å². The number of nitrogens with one attached hydrogen (secondary N) is 1. The summed E-state index contributed by atoms with van der Waals surface area (Å²) in [7, 11) is 1.95. The molecule has 1 unspecified atom stereocenters. The molecular weight excluding hydrogens is 224 g/mol. The van der Waals surface area contributed by atoms with Crippen molar-refractivity contribution in [2.75, 3.05) is 6.54 Å². The molecule has 1 atom stereocenters. The molecule has 2 aromatic heterocycles. The maximum Gasteiger partial charge on any atom is 0.0637 e. The van der Waals surface area contributed by atoms with Crippen LogP contribution < -0.4 is 5.32 Å². The normalized spacial score (nSPS) is 17.9. The van der Waals surface area contributed by atoms with Gasteiger partial charge in [0.05, 0.1) is 17.4 Å². The summed E-state index contributed by atoms with van der Waals surface area (Å²) >= 11 is 0. The van der Waals surface area contributed by atoms with Gasteiger partial charge in [0.2, 0.25) is 0 Å². The summed E-state index contributed by atoms with van der Waals surface area (Å²) in [5.74, 6) is 0. The van der Waals surface area contributed by atoms with Gasteiger partial charge < -0.3 is 5.32 Å². The van der Waals surface area contributed by atoms with E-state index < -0.39 is 0 Å². The Hall–Kier alpha value is -1.68. The molecule has 0 aliphatic heterocycles. The highest BCUT2D eigenvalue weighted by molar-refractivity contribution is 5.27. The molecule has 0 spiro atoms. The van der Waals surface area contributed by atoms with Crippen LogP contribution in [-0.4, -0.2) is 21.3 Å². The van der Waals surface area contributed by atoms with Crippen LogP contribution in [0.3, 0.4) is 0 Å². The molecule has 4 nitrogen and oxygen atoms in total. The van der Waals surface area contributed by atoms with Gasteiger partial charge in [-0.15, -0.1) is 0 Å². The van der Waals surface area contributed by atoms with Crippen LogP contribution in [0.15, 0.2) is 30.6 Å². The molecule has 0 fully saturated rings. The Morgan fingerprint density at radius 3 is 3.22 bits per heavy atom. The van der Waals surface area contributed by atoms with E-state index in [0.29, 0.717) is 6.04 Å². The average Bonchev–Trinajstić information content (AvgIpc) is 2.97. The number of aromatic nitrogens is 3. The number of rotatable bonds is 4. The molecule has 1 aliphatic carbocycles. The van der Waals surface area contributed by atoms with E-state index in [2.05, 4.69) is 27.5 Å². The lowest BCUT2D eigenvalue weighted by Crippen LogP contribution is -2.22. The third kappa shape index (κ3) is 2.29. The van der Waals surface area contributed by atoms with E-state index >= 15 is 0 Å². The van der Waals surface area contributed by atoms with Crippen molar-refractivity contribution in [1.82, 2.24) is 20.1 Å². The van der Waals surface area contributed by atoms with E-state index in [0.717, 1.165) is 31.5 Å². The van der Waals surface area contributed by atoms with Gasteiger partial charge >= 0.3 is 0 Å². The van der Waals surface area contributed by atoms with E-state index in [4.69, 9.17) is 0 Å². The number of pyridine rings is 1. The monoisotopic (exact) mass is 242 g/mol. The van der Waals surface area contributed by atoms with Crippen LogP contribution in [0.25, 0.3) is 0 Å². The lowest BCUT2D eigenvalue weighted by atomic mass is 10.2. The second-order valence-corrected chi connectivity index (χ2v) is 4.82. The molecule has 0 amide bonds. The van der Waals surface area contributed by atoms with E-state index in [9.17, 15) is 0 Å². The largest absolute Gasteiger partial charge is 0.308 e. The summed E-state index contributed by atoms with van der Waals surface area (Å²) in [4.78, 5) is 4.49. The Morgan fingerprint density at radius 2 is 2.39 bits per heavy atom. The van der Waals surface area contributed by atoms with E-state index in [1.807, 2.05) is 30.2 Å². The molecule has 2 aromatic rings. The van der Waals surface area contributed by atoms with Crippen molar-refractivity contribution in [2.24, 2.45) is 7.05 Å². The van der Waals surface area contributed by atoms with Crippen LogP contribution in [0.4, 0.5) is 0 Å². The number of aryl methyl sites for hydroxylation is 2. The van der Waals surface area contributed by atoms with Crippen molar-refractivity contribution in [3.05, 3.63) is 47.5 Å². The predicted molar refractivity (Wildman–Crippen MR) is 70.2 cm³/mol. The van der Waals surface area contributed by atoms with Crippen molar-refractivity contribution in [3.63, 3.8) is 0 Å². The van der Waals surface area contributed by atoms with Crippen LogP contribution in [0.1, 0.15) is 29.4 Å². The molecule has 0 saturated heterocycles. The van der Waals surface area contributed by atoms with Gasteiger partial charge in [-0.1, -0.05) is 6.07 Å². The maximum atomic E-state index is 4.49. The SMILES string of the molecule is Cn1ccc(CCNC2CCc3cccnc32)n1. The summed E-state index contributed by atoms with van der Waals surface area (Å²) in [6.45, 7) is 0.956. The van der Waals surface area contributed by atoms with Crippen molar-refractivity contribution in [3.8, 4) is 0 Å². The van der Waals surface area contributed by atoms with Crippen LogP contribution >= 0.6 is 0 Å². The van der Waals surface area contributed by atoms with Crippen molar-refractivity contribution >= 4 is 0 Å². The molecule has 1 aliphatic rings. The molecule has 18 heavy (non-hydrogen) atoms. The molecule has 0 radical (unpaired) electrons. The Labute approximate surface area is 107 Å². The zero-order chi connectivity index (χ0) is 12.4. The van der Waals surface area contributed by atoms with E-state index in [-0.39, 0.29) is 0 Å². The third-order valence-corrected chi connectivity index (χ3v) is 3.50. The minimum Gasteiger partial charge on any atom is -0.308 e. The van der Waals surface area contributed by atoms with E-state index in [1.165, 1.54) is 11.3 Å². The Bertz CT molecular complexity index is 532. The van der Waals surface area contributed by atoms with Crippen molar-refractivity contribution in [1.29, 1.82) is 0 Å². The Morgan fingerprint density at radius 1 is 1.44 bits per heavy atom. The second kappa shape index (κ2) is 4.90. The number of hydrogen-bond acceptors (Lipinski definition) is 3. The first-order chi connectivity index (χ1) is 8.83. The number of fused-ring (bicyclic) bond motifs is 1. The topological polar surface area (TPSA) is 42.7 Å². The number of hydrogen-bond donors (Lipinski definition) is 1. The highest BCUT2D eigenvalue weighted by Crippen LogP contribution is 2.28. The zero-order valence-electron chi connectivity index (χ0n) is 10.6. The summed E-state index contributed by atoms with van der Waals surface area (Å²) < 4.78 is 1.85. The summed E-state index contributed by atoms with van der Waals surface area (Å²) in [5, 5.41) is 7.96. The van der Waals surface area contributed by atoms with Crippen LogP contribution in [0, 0.1) is 0 Å². The van der Waals surface area contributed by atoms with Gasteiger partial charge in [0, 0.05) is 32.4 Å².